The zero-order chi connectivity index (χ0) is 19.6. The lowest BCUT2D eigenvalue weighted by Gasteiger charge is -2.09. The lowest BCUT2D eigenvalue weighted by Crippen LogP contribution is -2.38. The zero-order valence-electron chi connectivity index (χ0n) is 15.8. The van der Waals surface area contributed by atoms with Crippen molar-refractivity contribution in [3.05, 3.63) is 54.1 Å². The van der Waals surface area contributed by atoms with E-state index in [2.05, 4.69) is 10.6 Å². The number of anilines is 1. The van der Waals surface area contributed by atoms with E-state index in [-0.39, 0.29) is 11.8 Å². The molecule has 0 spiro atoms. The molecule has 6 nitrogen and oxygen atoms in total. The molecular weight excluding hydrogens is 342 g/mol. The molecule has 0 aliphatic carbocycles. The summed E-state index contributed by atoms with van der Waals surface area (Å²) in [6.45, 7) is 4.19. The quantitative estimate of drug-likeness (QED) is 0.591. The van der Waals surface area contributed by atoms with Crippen molar-refractivity contribution in [2.24, 2.45) is 5.73 Å². The number of benzene rings is 2. The third-order valence-corrected chi connectivity index (χ3v) is 3.94. The van der Waals surface area contributed by atoms with Crippen LogP contribution in [0.5, 0.6) is 11.5 Å². The van der Waals surface area contributed by atoms with Crippen molar-refractivity contribution in [2.45, 2.75) is 39.2 Å². The fourth-order valence-electron chi connectivity index (χ4n) is 2.36. The van der Waals surface area contributed by atoms with Gasteiger partial charge >= 0.3 is 0 Å². The fraction of sp³-hybridized carbons (Fsp3) is 0.333. The summed E-state index contributed by atoms with van der Waals surface area (Å²) in [5.41, 5.74) is 7.36. The maximum Gasteiger partial charge on any atom is 0.236 e. The number of hydrogen-bond donors (Lipinski definition) is 3. The number of carbonyl (C=O) groups is 2. The molecular formula is C21H27N3O3. The van der Waals surface area contributed by atoms with Gasteiger partial charge in [-0.05, 0) is 63.1 Å². The molecule has 1 atom stereocenters. The largest absolute Gasteiger partial charge is 0.457 e. The minimum Gasteiger partial charge on any atom is -0.457 e. The van der Waals surface area contributed by atoms with Crippen LogP contribution < -0.4 is 21.1 Å². The molecule has 0 bridgehead atoms. The third-order valence-electron chi connectivity index (χ3n) is 3.94. The number of amides is 2. The second kappa shape index (κ2) is 10.3. The Morgan fingerprint density at radius 2 is 1.59 bits per heavy atom. The van der Waals surface area contributed by atoms with Crippen molar-refractivity contribution in [2.75, 3.05) is 11.9 Å². The molecule has 0 heterocycles. The lowest BCUT2D eigenvalue weighted by molar-refractivity contribution is -0.121. The molecule has 0 aliphatic rings. The van der Waals surface area contributed by atoms with E-state index >= 15 is 0 Å². The van der Waals surface area contributed by atoms with Gasteiger partial charge in [0, 0.05) is 18.7 Å². The van der Waals surface area contributed by atoms with Crippen LogP contribution in [0.3, 0.4) is 0 Å². The van der Waals surface area contributed by atoms with Crippen LogP contribution in [0.25, 0.3) is 0 Å². The molecule has 0 aliphatic heterocycles. The van der Waals surface area contributed by atoms with Crippen LogP contribution in [0.2, 0.25) is 0 Å². The number of ether oxygens (including phenoxy) is 1. The molecule has 2 rings (SSSR count). The molecule has 0 aromatic heterocycles. The number of nitrogens with one attached hydrogen (secondary N) is 2. The molecule has 0 saturated carbocycles. The summed E-state index contributed by atoms with van der Waals surface area (Å²) in [4.78, 5) is 23.3. The van der Waals surface area contributed by atoms with Crippen molar-refractivity contribution >= 4 is 17.5 Å². The first kappa shape index (κ1) is 20.5. The zero-order valence-corrected chi connectivity index (χ0v) is 15.8. The van der Waals surface area contributed by atoms with E-state index in [1.165, 1.54) is 5.56 Å². The first-order chi connectivity index (χ1) is 12.9. The van der Waals surface area contributed by atoms with Gasteiger partial charge in [0.2, 0.25) is 11.8 Å². The van der Waals surface area contributed by atoms with Gasteiger partial charge in [-0.15, -0.1) is 0 Å². The Kier molecular flexibility index (Phi) is 7.82. The van der Waals surface area contributed by atoms with E-state index in [4.69, 9.17) is 10.5 Å². The number of hydrogen-bond acceptors (Lipinski definition) is 4. The highest BCUT2D eigenvalue weighted by Crippen LogP contribution is 2.23. The van der Waals surface area contributed by atoms with Gasteiger partial charge in [-0.1, -0.05) is 17.7 Å². The second-order valence-corrected chi connectivity index (χ2v) is 6.52. The van der Waals surface area contributed by atoms with Crippen LogP contribution in [0.4, 0.5) is 5.69 Å². The summed E-state index contributed by atoms with van der Waals surface area (Å²) in [6, 6.07) is 14.6. The molecule has 27 heavy (non-hydrogen) atoms. The predicted molar refractivity (Wildman–Crippen MR) is 107 cm³/mol. The highest BCUT2D eigenvalue weighted by Gasteiger charge is 2.06. The lowest BCUT2D eigenvalue weighted by atomic mass is 10.2. The van der Waals surface area contributed by atoms with E-state index in [0.29, 0.717) is 25.1 Å². The molecule has 0 saturated heterocycles. The highest BCUT2D eigenvalue weighted by atomic mass is 16.5. The molecule has 6 heteroatoms. The topological polar surface area (TPSA) is 93.5 Å². The molecule has 2 amide bonds. The minimum absolute atomic E-state index is 0.0549. The molecule has 0 unspecified atom stereocenters. The molecule has 144 valence electrons. The van der Waals surface area contributed by atoms with E-state index in [1.54, 1.807) is 6.92 Å². The molecule has 0 fully saturated rings. The Hall–Kier alpha value is -2.86. The Labute approximate surface area is 160 Å². The average molecular weight is 369 g/mol. The van der Waals surface area contributed by atoms with Crippen LogP contribution in [-0.2, 0) is 9.59 Å². The van der Waals surface area contributed by atoms with Gasteiger partial charge in [-0.2, -0.15) is 0 Å². The highest BCUT2D eigenvalue weighted by molar-refractivity contribution is 5.90. The molecule has 2 aromatic carbocycles. The van der Waals surface area contributed by atoms with Crippen molar-refractivity contribution in [3.8, 4) is 11.5 Å². The van der Waals surface area contributed by atoms with E-state index < -0.39 is 6.04 Å². The molecule has 4 N–H and O–H groups in total. The van der Waals surface area contributed by atoms with Gasteiger partial charge < -0.3 is 21.1 Å². The number of aryl methyl sites for hydroxylation is 1. The maximum absolute atomic E-state index is 12.0. The number of rotatable bonds is 9. The number of carbonyl (C=O) groups excluding carboxylic acids is 2. The van der Waals surface area contributed by atoms with E-state index in [9.17, 15) is 9.59 Å². The summed E-state index contributed by atoms with van der Waals surface area (Å²) in [5.74, 6) is 1.25. The van der Waals surface area contributed by atoms with E-state index in [1.807, 2.05) is 55.5 Å². The Bertz CT molecular complexity index is 740. The number of nitrogens with two attached hydrogens (primary N) is 1. The Balaban J connectivity index is 1.70. The summed E-state index contributed by atoms with van der Waals surface area (Å²) in [7, 11) is 0. The van der Waals surface area contributed by atoms with Crippen molar-refractivity contribution in [3.63, 3.8) is 0 Å². The Morgan fingerprint density at radius 3 is 2.19 bits per heavy atom. The van der Waals surface area contributed by atoms with Gasteiger partial charge in [0.15, 0.2) is 0 Å². The molecule has 2 aromatic rings. The summed E-state index contributed by atoms with van der Waals surface area (Å²) >= 11 is 0. The summed E-state index contributed by atoms with van der Waals surface area (Å²) in [6.07, 6.45) is 1.82. The van der Waals surface area contributed by atoms with Gasteiger partial charge in [0.25, 0.3) is 0 Å². The normalized spacial score (nSPS) is 11.5. The standard InChI is InChI=1S/C21H27N3O3/c1-15-6-10-18(11-7-15)27-19-12-8-17(9-13-19)24-20(25)5-3-4-14-23-21(26)16(2)22/h6-13,16H,3-5,14,22H2,1-2H3,(H,23,26)(H,24,25)/t16-/m0/s1. The van der Waals surface area contributed by atoms with Crippen molar-refractivity contribution in [1.82, 2.24) is 5.32 Å². The van der Waals surface area contributed by atoms with Gasteiger partial charge in [-0.25, -0.2) is 0 Å². The Morgan fingerprint density at radius 1 is 1.00 bits per heavy atom. The first-order valence-corrected chi connectivity index (χ1v) is 9.12. The second-order valence-electron chi connectivity index (χ2n) is 6.52. The maximum atomic E-state index is 12.0. The summed E-state index contributed by atoms with van der Waals surface area (Å²) < 4.78 is 5.77. The third kappa shape index (κ3) is 7.50. The van der Waals surface area contributed by atoms with E-state index in [0.717, 1.165) is 17.9 Å². The molecule has 0 radical (unpaired) electrons. The van der Waals surface area contributed by atoms with Crippen LogP contribution >= 0.6 is 0 Å². The van der Waals surface area contributed by atoms with Crippen molar-refractivity contribution < 1.29 is 14.3 Å². The van der Waals surface area contributed by atoms with Crippen LogP contribution in [0.1, 0.15) is 31.7 Å². The fourth-order valence-corrected chi connectivity index (χ4v) is 2.36. The monoisotopic (exact) mass is 369 g/mol. The average Bonchev–Trinajstić information content (AvgIpc) is 2.64. The van der Waals surface area contributed by atoms with Crippen LogP contribution in [-0.4, -0.2) is 24.4 Å². The minimum atomic E-state index is -0.508. The number of unbranched alkanes of at least 4 members (excludes halogenated alkanes) is 1. The smallest absolute Gasteiger partial charge is 0.236 e. The first-order valence-electron chi connectivity index (χ1n) is 9.12. The predicted octanol–water partition coefficient (Wildman–Crippen LogP) is 3.36. The summed E-state index contributed by atoms with van der Waals surface area (Å²) in [5, 5.41) is 5.58. The van der Waals surface area contributed by atoms with Crippen molar-refractivity contribution in [1.29, 1.82) is 0 Å². The van der Waals surface area contributed by atoms with Crippen LogP contribution in [0, 0.1) is 6.92 Å². The van der Waals surface area contributed by atoms with Gasteiger partial charge in [0.1, 0.15) is 11.5 Å². The van der Waals surface area contributed by atoms with Crippen LogP contribution in [0.15, 0.2) is 48.5 Å². The SMILES string of the molecule is Cc1ccc(Oc2ccc(NC(=O)CCCCNC(=O)[C@H](C)N)cc2)cc1. The van der Waals surface area contributed by atoms with Gasteiger partial charge in [0.05, 0.1) is 6.04 Å². The van der Waals surface area contributed by atoms with Gasteiger partial charge in [-0.3, -0.25) is 9.59 Å².